The molecule has 5 heteroatoms. The van der Waals surface area contributed by atoms with Gasteiger partial charge in [0.2, 0.25) is 5.91 Å². The number of hydrogen-bond acceptors (Lipinski definition) is 2. The van der Waals surface area contributed by atoms with Crippen molar-refractivity contribution in [2.24, 2.45) is 0 Å². The minimum atomic E-state index is -0.350. The normalized spacial score (nSPS) is 15.3. The molecule has 1 fully saturated rings. The van der Waals surface area contributed by atoms with Crippen molar-refractivity contribution in [3.8, 4) is 0 Å². The van der Waals surface area contributed by atoms with Gasteiger partial charge in [-0.05, 0) is 24.5 Å². The zero-order chi connectivity index (χ0) is 14.7. The molecule has 0 aliphatic heterocycles. The fourth-order valence-corrected chi connectivity index (χ4v) is 2.85. The number of rotatable bonds is 4. The number of carbonyl (C=O) groups excluding carboxylic acids is 1. The lowest BCUT2D eigenvalue weighted by Crippen LogP contribution is -2.19. The Labute approximate surface area is 123 Å². The lowest BCUT2D eigenvalue weighted by atomic mass is 10.1. The molecule has 1 aromatic heterocycles. The fourth-order valence-electron chi connectivity index (χ4n) is 2.85. The first-order chi connectivity index (χ1) is 10.2. The molecule has 1 amide bonds. The van der Waals surface area contributed by atoms with Gasteiger partial charge in [0.15, 0.2) is 0 Å². The van der Waals surface area contributed by atoms with E-state index in [1.165, 1.54) is 18.9 Å². The molecule has 1 aliphatic carbocycles. The molecule has 3 rings (SSSR count). The summed E-state index contributed by atoms with van der Waals surface area (Å²) < 4.78 is 15.4. The largest absolute Gasteiger partial charge is 0.311 e. The third-order valence-corrected chi connectivity index (χ3v) is 3.92. The average Bonchev–Trinajstić information content (AvgIpc) is 3.11. The summed E-state index contributed by atoms with van der Waals surface area (Å²) in [5.74, 6) is 0.125. The van der Waals surface area contributed by atoms with Crippen LogP contribution < -0.4 is 5.32 Å². The van der Waals surface area contributed by atoms with Crippen LogP contribution >= 0.6 is 0 Å². The van der Waals surface area contributed by atoms with Crippen molar-refractivity contribution >= 4 is 11.7 Å². The van der Waals surface area contributed by atoms with Gasteiger partial charge in [-0.3, -0.25) is 4.79 Å². The van der Waals surface area contributed by atoms with Crippen LogP contribution in [-0.2, 0) is 11.2 Å². The highest BCUT2D eigenvalue weighted by Crippen LogP contribution is 2.31. The summed E-state index contributed by atoms with van der Waals surface area (Å²) >= 11 is 0. The fraction of sp³-hybridized carbons (Fsp3) is 0.375. The van der Waals surface area contributed by atoms with Crippen LogP contribution in [0.15, 0.2) is 36.5 Å². The van der Waals surface area contributed by atoms with Gasteiger partial charge in [0.25, 0.3) is 0 Å². The topological polar surface area (TPSA) is 46.9 Å². The van der Waals surface area contributed by atoms with Gasteiger partial charge in [-0.1, -0.05) is 31.0 Å². The number of amides is 1. The highest BCUT2D eigenvalue weighted by Gasteiger charge is 2.20. The minimum absolute atomic E-state index is 0.0303. The maximum atomic E-state index is 13.6. The van der Waals surface area contributed by atoms with E-state index >= 15 is 0 Å². The molecule has 0 spiro atoms. The smallest absolute Gasteiger partial charge is 0.230 e. The second-order valence-electron chi connectivity index (χ2n) is 5.42. The van der Waals surface area contributed by atoms with Crippen LogP contribution in [0.5, 0.6) is 0 Å². The third kappa shape index (κ3) is 3.12. The molecule has 0 radical (unpaired) electrons. The van der Waals surface area contributed by atoms with Gasteiger partial charge >= 0.3 is 0 Å². The van der Waals surface area contributed by atoms with Crippen molar-refractivity contribution in [3.05, 3.63) is 47.9 Å². The van der Waals surface area contributed by atoms with E-state index in [0.717, 1.165) is 12.8 Å². The van der Waals surface area contributed by atoms with E-state index < -0.39 is 0 Å². The first-order valence-corrected chi connectivity index (χ1v) is 7.31. The van der Waals surface area contributed by atoms with Crippen LogP contribution in [0.3, 0.4) is 0 Å². The lowest BCUT2D eigenvalue weighted by molar-refractivity contribution is -0.115. The van der Waals surface area contributed by atoms with Crippen LogP contribution in [0.1, 0.15) is 37.3 Å². The molecule has 0 bridgehead atoms. The molecule has 1 aliphatic rings. The Morgan fingerprint density at radius 3 is 2.81 bits per heavy atom. The van der Waals surface area contributed by atoms with Crippen LogP contribution in [-0.4, -0.2) is 15.7 Å². The molecule has 1 saturated carbocycles. The maximum Gasteiger partial charge on any atom is 0.230 e. The first kappa shape index (κ1) is 13.8. The van der Waals surface area contributed by atoms with Gasteiger partial charge in [-0.2, -0.15) is 5.10 Å². The van der Waals surface area contributed by atoms with Crippen LogP contribution in [0.2, 0.25) is 0 Å². The van der Waals surface area contributed by atoms with Crippen molar-refractivity contribution in [3.63, 3.8) is 0 Å². The summed E-state index contributed by atoms with van der Waals surface area (Å²) in [4.78, 5) is 12.1. The van der Waals surface area contributed by atoms with Gasteiger partial charge in [-0.15, -0.1) is 0 Å². The Bertz CT molecular complexity index is 632. The van der Waals surface area contributed by atoms with Crippen molar-refractivity contribution in [2.75, 3.05) is 5.32 Å². The molecule has 1 aromatic carbocycles. The van der Waals surface area contributed by atoms with Crippen LogP contribution in [0.4, 0.5) is 10.2 Å². The standard InChI is InChI=1S/C16H18FN3O/c17-14-8-4-1-5-12(14)11-16(21)19-15-9-10-18-20(15)13-6-2-3-7-13/h1,4-5,8-10,13H,2-3,6-7,11H2,(H,19,21). The molecule has 1 heterocycles. The summed E-state index contributed by atoms with van der Waals surface area (Å²) in [6, 6.07) is 8.50. The summed E-state index contributed by atoms with van der Waals surface area (Å²) in [6.07, 6.45) is 6.32. The molecular weight excluding hydrogens is 269 g/mol. The molecule has 21 heavy (non-hydrogen) atoms. The molecule has 110 valence electrons. The zero-order valence-electron chi connectivity index (χ0n) is 11.8. The van der Waals surface area contributed by atoms with Gasteiger partial charge in [0.05, 0.1) is 18.7 Å². The highest BCUT2D eigenvalue weighted by molar-refractivity contribution is 5.91. The monoisotopic (exact) mass is 287 g/mol. The van der Waals surface area contributed by atoms with E-state index in [0.29, 0.717) is 17.4 Å². The Kier molecular flexibility index (Phi) is 3.99. The summed E-state index contributed by atoms with van der Waals surface area (Å²) in [5.41, 5.74) is 0.405. The molecule has 0 atom stereocenters. The van der Waals surface area contributed by atoms with Crippen LogP contribution in [0.25, 0.3) is 0 Å². The molecule has 4 nitrogen and oxygen atoms in total. The predicted octanol–water partition coefficient (Wildman–Crippen LogP) is 3.32. The maximum absolute atomic E-state index is 13.6. The minimum Gasteiger partial charge on any atom is -0.311 e. The van der Waals surface area contributed by atoms with Gasteiger partial charge < -0.3 is 5.32 Å². The number of nitrogens with one attached hydrogen (secondary N) is 1. The van der Waals surface area contributed by atoms with Gasteiger partial charge in [0, 0.05) is 6.07 Å². The Morgan fingerprint density at radius 1 is 1.29 bits per heavy atom. The summed E-state index contributed by atoms with van der Waals surface area (Å²) in [6.45, 7) is 0. The van der Waals surface area contributed by atoms with E-state index in [9.17, 15) is 9.18 Å². The Hall–Kier alpha value is -2.17. The first-order valence-electron chi connectivity index (χ1n) is 7.31. The van der Waals surface area contributed by atoms with Gasteiger partial charge in [-0.25, -0.2) is 9.07 Å². The molecule has 1 N–H and O–H groups in total. The average molecular weight is 287 g/mol. The quantitative estimate of drug-likeness (QED) is 0.937. The van der Waals surface area contributed by atoms with Crippen LogP contribution in [0, 0.1) is 5.82 Å². The molecule has 0 unspecified atom stereocenters. The predicted molar refractivity (Wildman–Crippen MR) is 78.5 cm³/mol. The highest BCUT2D eigenvalue weighted by atomic mass is 19.1. The number of halogens is 1. The van der Waals surface area contributed by atoms with Crippen molar-refractivity contribution in [1.29, 1.82) is 0 Å². The van der Waals surface area contributed by atoms with Crippen molar-refractivity contribution < 1.29 is 9.18 Å². The van der Waals surface area contributed by atoms with Gasteiger partial charge in [0.1, 0.15) is 11.6 Å². The van der Waals surface area contributed by atoms with E-state index in [4.69, 9.17) is 0 Å². The number of anilines is 1. The Balaban J connectivity index is 1.68. The summed E-state index contributed by atoms with van der Waals surface area (Å²) in [7, 11) is 0. The number of aromatic nitrogens is 2. The van der Waals surface area contributed by atoms with Crippen molar-refractivity contribution in [2.45, 2.75) is 38.1 Å². The Morgan fingerprint density at radius 2 is 2.05 bits per heavy atom. The molecule has 0 saturated heterocycles. The second kappa shape index (κ2) is 6.08. The number of hydrogen-bond donors (Lipinski definition) is 1. The number of nitrogens with zero attached hydrogens (tertiary/aromatic N) is 2. The molecular formula is C16H18FN3O. The van der Waals surface area contributed by atoms with E-state index in [1.54, 1.807) is 30.5 Å². The third-order valence-electron chi connectivity index (χ3n) is 3.92. The summed E-state index contributed by atoms with van der Waals surface area (Å²) in [5, 5.41) is 7.14. The molecule has 2 aromatic rings. The van der Waals surface area contributed by atoms with E-state index in [1.807, 2.05) is 4.68 Å². The van der Waals surface area contributed by atoms with E-state index in [-0.39, 0.29) is 18.1 Å². The zero-order valence-corrected chi connectivity index (χ0v) is 11.8. The second-order valence-corrected chi connectivity index (χ2v) is 5.42. The SMILES string of the molecule is O=C(Cc1ccccc1F)Nc1ccnn1C1CCCC1. The number of carbonyl (C=O) groups is 1. The van der Waals surface area contributed by atoms with Crippen molar-refractivity contribution in [1.82, 2.24) is 9.78 Å². The lowest BCUT2D eigenvalue weighted by Gasteiger charge is -2.14. The number of benzene rings is 1. The van der Waals surface area contributed by atoms with E-state index in [2.05, 4.69) is 10.4 Å².